The van der Waals surface area contributed by atoms with Crippen LogP contribution in [-0.2, 0) is 5.66 Å². The third kappa shape index (κ3) is 2.47. The van der Waals surface area contributed by atoms with Crippen molar-refractivity contribution < 1.29 is 0 Å². The molecule has 0 spiro atoms. The van der Waals surface area contributed by atoms with Gasteiger partial charge in [0.15, 0.2) is 11.5 Å². The largest absolute Gasteiger partial charge is 0.352 e. The average Bonchev–Trinajstić information content (AvgIpc) is 3.18. The summed E-state index contributed by atoms with van der Waals surface area (Å²) in [6.45, 7) is 3.94. The molecule has 1 aromatic rings. The van der Waals surface area contributed by atoms with E-state index in [9.17, 15) is 0 Å². The molecule has 9 nitrogen and oxygen atoms in total. The molecule has 0 bridgehead atoms. The lowest BCUT2D eigenvalue weighted by Crippen LogP contribution is -2.49. The summed E-state index contributed by atoms with van der Waals surface area (Å²) in [5, 5.41) is 14.0. The van der Waals surface area contributed by atoms with Crippen molar-refractivity contribution in [3.8, 4) is 0 Å². The van der Waals surface area contributed by atoms with E-state index in [0.717, 1.165) is 37.2 Å². The maximum atomic E-state index is 6.62. The van der Waals surface area contributed by atoms with E-state index < -0.39 is 5.66 Å². The van der Waals surface area contributed by atoms with Crippen LogP contribution in [0.3, 0.4) is 0 Å². The highest BCUT2D eigenvalue weighted by Crippen LogP contribution is 2.31. The summed E-state index contributed by atoms with van der Waals surface area (Å²) in [5.41, 5.74) is 13.9. The summed E-state index contributed by atoms with van der Waals surface area (Å²) in [6, 6.07) is 2.26. The summed E-state index contributed by atoms with van der Waals surface area (Å²) in [5.74, 6) is 1.22. The Morgan fingerprint density at radius 3 is 2.91 bits per heavy atom. The number of nitrogens with two attached hydrogens (primary N) is 1. The lowest BCUT2D eigenvalue weighted by molar-refractivity contribution is 0.425. The molecule has 1 unspecified atom stereocenters. The van der Waals surface area contributed by atoms with Crippen molar-refractivity contribution >= 4 is 11.8 Å². The molecule has 1 saturated heterocycles. The van der Waals surface area contributed by atoms with E-state index in [1.807, 2.05) is 13.0 Å². The Bertz CT molecular complexity index is 695. The number of aliphatic imine (C=N–C) groups is 2. The Balaban J connectivity index is 1.67. The molecule has 4 rings (SSSR count). The Morgan fingerprint density at radius 2 is 2.17 bits per heavy atom. The minimum Gasteiger partial charge on any atom is -0.352 e. The third-order valence-corrected chi connectivity index (χ3v) is 4.34. The number of amidine groups is 1. The number of hydrazine groups is 1. The molecule has 0 aliphatic carbocycles. The number of aromatic amines is 1. The third-order valence-electron chi connectivity index (χ3n) is 4.34. The number of aryl methyl sites for hydroxylation is 1. The number of H-pyrrole nitrogens is 1. The van der Waals surface area contributed by atoms with Crippen LogP contribution in [0.15, 0.2) is 27.8 Å². The first-order valence-corrected chi connectivity index (χ1v) is 7.85. The number of hydrogen-bond donors (Lipinski definition) is 6. The van der Waals surface area contributed by atoms with E-state index in [1.54, 1.807) is 6.20 Å². The normalized spacial score (nSPS) is 27.3. The molecule has 7 N–H and O–H groups in total. The van der Waals surface area contributed by atoms with Gasteiger partial charge < -0.3 is 16.1 Å². The molecule has 4 heterocycles. The molecule has 1 atom stereocenters. The van der Waals surface area contributed by atoms with Gasteiger partial charge in [-0.3, -0.25) is 16.3 Å². The van der Waals surface area contributed by atoms with Crippen LogP contribution in [-0.4, -0.2) is 41.1 Å². The van der Waals surface area contributed by atoms with Crippen LogP contribution in [0.4, 0.5) is 0 Å². The van der Waals surface area contributed by atoms with Crippen LogP contribution in [0.25, 0.3) is 0 Å². The number of guanidine groups is 1. The van der Waals surface area contributed by atoms with Crippen LogP contribution in [0.2, 0.25) is 0 Å². The van der Waals surface area contributed by atoms with Gasteiger partial charge in [0.2, 0.25) is 5.96 Å². The zero-order valence-corrected chi connectivity index (χ0v) is 13.0. The lowest BCUT2D eigenvalue weighted by Gasteiger charge is -2.30. The van der Waals surface area contributed by atoms with Crippen LogP contribution < -0.4 is 27.2 Å². The van der Waals surface area contributed by atoms with E-state index in [4.69, 9.17) is 5.73 Å². The molecule has 0 saturated carbocycles. The minimum absolute atomic E-state index is 0.351. The van der Waals surface area contributed by atoms with Crippen molar-refractivity contribution in [1.82, 2.24) is 31.7 Å². The first kappa shape index (κ1) is 14.2. The molecule has 0 amide bonds. The fourth-order valence-corrected chi connectivity index (χ4v) is 3.07. The van der Waals surface area contributed by atoms with E-state index in [2.05, 4.69) is 41.7 Å². The fraction of sp³-hybridized carbons (Fsp3) is 0.500. The molecular formula is C14H21N9. The number of nitrogens with zero attached hydrogens (tertiary/aromatic N) is 3. The predicted molar refractivity (Wildman–Crippen MR) is 87.4 cm³/mol. The quantitative estimate of drug-likeness (QED) is 0.412. The number of hydrogen-bond acceptors (Lipinski definition) is 8. The Kier molecular flexibility index (Phi) is 3.31. The molecule has 3 aliphatic heterocycles. The van der Waals surface area contributed by atoms with Crippen LogP contribution in [0.5, 0.6) is 0 Å². The molecule has 9 heteroatoms. The second kappa shape index (κ2) is 5.36. The topological polar surface area (TPSA) is 128 Å². The second-order valence-corrected chi connectivity index (χ2v) is 6.09. The Morgan fingerprint density at radius 1 is 1.35 bits per heavy atom. The van der Waals surface area contributed by atoms with Gasteiger partial charge in [-0.1, -0.05) is 0 Å². The molecule has 122 valence electrons. The van der Waals surface area contributed by atoms with Crippen molar-refractivity contribution in [2.24, 2.45) is 15.7 Å². The van der Waals surface area contributed by atoms with Gasteiger partial charge >= 0.3 is 0 Å². The highest BCUT2D eigenvalue weighted by atomic mass is 15.4. The van der Waals surface area contributed by atoms with Gasteiger partial charge in [-0.15, -0.1) is 0 Å². The predicted octanol–water partition coefficient (Wildman–Crippen LogP) is -1.07. The number of aromatic nitrogens is 2. The SMILES string of the molecule is Cc1cc(C2(N)N=C(NC3CCNCC3)N=C3NNC=C32)n[nH]1. The summed E-state index contributed by atoms with van der Waals surface area (Å²) < 4.78 is 0. The number of nitrogens with one attached hydrogen (secondary N) is 5. The Hall–Kier alpha value is -2.39. The zero-order valence-electron chi connectivity index (χ0n) is 13.0. The lowest BCUT2D eigenvalue weighted by atomic mass is 9.96. The van der Waals surface area contributed by atoms with Crippen molar-refractivity contribution in [3.63, 3.8) is 0 Å². The monoisotopic (exact) mass is 315 g/mol. The first-order chi connectivity index (χ1) is 11.1. The van der Waals surface area contributed by atoms with Crippen molar-refractivity contribution in [1.29, 1.82) is 0 Å². The van der Waals surface area contributed by atoms with Gasteiger partial charge in [0.25, 0.3) is 0 Å². The molecular weight excluding hydrogens is 294 g/mol. The number of rotatable bonds is 2. The van der Waals surface area contributed by atoms with Gasteiger partial charge in [0.1, 0.15) is 5.69 Å². The molecule has 0 radical (unpaired) electrons. The van der Waals surface area contributed by atoms with Gasteiger partial charge in [-0.2, -0.15) is 10.1 Å². The van der Waals surface area contributed by atoms with E-state index >= 15 is 0 Å². The summed E-state index contributed by atoms with van der Waals surface area (Å²) in [7, 11) is 0. The summed E-state index contributed by atoms with van der Waals surface area (Å²) in [6.07, 6.45) is 3.86. The summed E-state index contributed by atoms with van der Waals surface area (Å²) in [4.78, 5) is 9.22. The highest BCUT2D eigenvalue weighted by molar-refractivity contribution is 6.10. The smallest absolute Gasteiger partial charge is 0.222 e. The van der Waals surface area contributed by atoms with Crippen molar-refractivity contribution in [2.75, 3.05) is 13.1 Å². The zero-order chi connectivity index (χ0) is 15.9. The second-order valence-electron chi connectivity index (χ2n) is 6.09. The standard InChI is InChI=1S/C14H21N9/c1-8-6-11(22-21-8)14(15)10-7-17-23-12(10)19-13(20-14)18-9-2-4-16-5-3-9/h6-7,9,16H,2-5,15H2,1H3,(H,21,22)(H3,17,18,19,20,23). The Labute approximate surface area is 133 Å². The van der Waals surface area contributed by atoms with Crippen LogP contribution in [0, 0.1) is 6.92 Å². The number of piperidine rings is 1. The average molecular weight is 315 g/mol. The number of fused-ring (bicyclic) bond motifs is 1. The van der Waals surface area contributed by atoms with E-state index in [-0.39, 0.29) is 0 Å². The molecule has 3 aliphatic rings. The van der Waals surface area contributed by atoms with Crippen LogP contribution >= 0.6 is 0 Å². The van der Waals surface area contributed by atoms with E-state index in [1.165, 1.54) is 0 Å². The van der Waals surface area contributed by atoms with Crippen molar-refractivity contribution in [2.45, 2.75) is 31.5 Å². The van der Waals surface area contributed by atoms with Gasteiger partial charge in [-0.05, 0) is 38.9 Å². The highest BCUT2D eigenvalue weighted by Gasteiger charge is 2.42. The van der Waals surface area contributed by atoms with Gasteiger partial charge in [0.05, 0.1) is 5.57 Å². The van der Waals surface area contributed by atoms with E-state index in [0.29, 0.717) is 23.5 Å². The molecule has 1 fully saturated rings. The van der Waals surface area contributed by atoms with Crippen molar-refractivity contribution in [3.05, 3.63) is 29.2 Å². The fourth-order valence-electron chi connectivity index (χ4n) is 3.07. The maximum absolute atomic E-state index is 6.62. The maximum Gasteiger partial charge on any atom is 0.222 e. The molecule has 1 aromatic heterocycles. The summed E-state index contributed by atoms with van der Waals surface area (Å²) >= 11 is 0. The molecule has 0 aromatic carbocycles. The molecule has 23 heavy (non-hydrogen) atoms. The van der Waals surface area contributed by atoms with Gasteiger partial charge in [-0.25, -0.2) is 4.99 Å². The van der Waals surface area contributed by atoms with Gasteiger partial charge in [0, 0.05) is 17.9 Å². The first-order valence-electron chi connectivity index (χ1n) is 7.85. The van der Waals surface area contributed by atoms with Crippen LogP contribution in [0.1, 0.15) is 24.2 Å². The minimum atomic E-state index is -1.06.